The molecule has 2 nitrogen and oxygen atoms in total. The Morgan fingerprint density at radius 2 is 2.00 bits per heavy atom. The molecule has 0 bridgehead atoms. The van der Waals surface area contributed by atoms with E-state index in [2.05, 4.69) is 20.0 Å². The zero-order valence-electron chi connectivity index (χ0n) is 9.21. The van der Waals surface area contributed by atoms with Crippen LogP contribution in [0.25, 0.3) is 0 Å². The van der Waals surface area contributed by atoms with Gasteiger partial charge < -0.3 is 9.53 Å². The van der Waals surface area contributed by atoms with Crippen LogP contribution in [-0.4, -0.2) is 26.1 Å². The Kier molecular flexibility index (Phi) is 6.29. The number of hydrogen-bond acceptors (Lipinski definition) is 2. The first-order valence-corrected chi connectivity index (χ1v) is 8.12. The maximum atomic E-state index is 9.21. The van der Waals surface area contributed by atoms with Gasteiger partial charge in [0.25, 0.3) is 0 Å². The minimum Gasteiger partial charge on any atom is -0.414 e. The van der Waals surface area contributed by atoms with E-state index < -0.39 is 8.32 Å². The van der Waals surface area contributed by atoms with Crippen molar-refractivity contribution >= 4 is 8.32 Å². The van der Waals surface area contributed by atoms with E-state index in [-0.39, 0.29) is 6.10 Å². The van der Waals surface area contributed by atoms with Gasteiger partial charge >= 0.3 is 0 Å². The van der Waals surface area contributed by atoms with Crippen molar-refractivity contribution in [3.8, 4) is 0 Å². The third-order valence-corrected chi connectivity index (χ3v) is 4.85. The molecule has 0 amide bonds. The van der Waals surface area contributed by atoms with E-state index in [4.69, 9.17) is 4.43 Å². The lowest BCUT2D eigenvalue weighted by Crippen LogP contribution is -2.28. The van der Waals surface area contributed by atoms with Crippen LogP contribution in [0.2, 0.25) is 19.1 Å². The van der Waals surface area contributed by atoms with Gasteiger partial charge in [-0.1, -0.05) is 26.0 Å². The summed E-state index contributed by atoms with van der Waals surface area (Å²) in [6.45, 7) is 9.18. The molecule has 0 heterocycles. The summed E-state index contributed by atoms with van der Waals surface area (Å²) < 4.78 is 5.71. The van der Waals surface area contributed by atoms with Gasteiger partial charge in [0.2, 0.25) is 0 Å². The molecule has 0 aromatic carbocycles. The Hall–Kier alpha value is -0.123. The van der Waals surface area contributed by atoms with E-state index in [1.807, 2.05) is 13.0 Å². The monoisotopic (exact) mass is 202 g/mol. The highest BCUT2D eigenvalue weighted by molar-refractivity contribution is 6.71. The predicted molar refractivity (Wildman–Crippen MR) is 59.4 cm³/mol. The maximum Gasteiger partial charge on any atom is 0.186 e. The molecule has 78 valence electrons. The van der Waals surface area contributed by atoms with Gasteiger partial charge in [-0.3, -0.25) is 0 Å². The number of hydrogen-bond donors (Lipinski definition) is 1. The summed E-state index contributed by atoms with van der Waals surface area (Å²) in [5.41, 5.74) is 0. The summed E-state index contributed by atoms with van der Waals surface area (Å²) in [6.07, 6.45) is 4.18. The first-order chi connectivity index (χ1) is 6.02. The second kappa shape index (κ2) is 6.35. The lowest BCUT2D eigenvalue weighted by Gasteiger charge is -2.19. The second-order valence-corrected chi connectivity index (χ2v) is 8.34. The molecule has 0 aromatic heterocycles. The Labute approximate surface area is 82.7 Å². The minimum atomic E-state index is -1.39. The van der Waals surface area contributed by atoms with Crippen molar-refractivity contribution in [3.05, 3.63) is 12.2 Å². The molecule has 0 spiro atoms. The average Bonchev–Trinajstić information content (AvgIpc) is 2.12. The van der Waals surface area contributed by atoms with Crippen molar-refractivity contribution in [3.63, 3.8) is 0 Å². The van der Waals surface area contributed by atoms with Gasteiger partial charge in [0.05, 0.1) is 12.7 Å². The van der Waals surface area contributed by atoms with E-state index in [9.17, 15) is 5.11 Å². The smallest absolute Gasteiger partial charge is 0.186 e. The van der Waals surface area contributed by atoms with Crippen LogP contribution in [-0.2, 0) is 4.43 Å². The normalized spacial score (nSPS) is 15.2. The van der Waals surface area contributed by atoms with Gasteiger partial charge in [0, 0.05) is 0 Å². The van der Waals surface area contributed by atoms with Crippen molar-refractivity contribution in [2.24, 2.45) is 0 Å². The molecule has 0 aromatic rings. The van der Waals surface area contributed by atoms with Gasteiger partial charge in [-0.2, -0.15) is 0 Å². The molecule has 0 radical (unpaired) electrons. The summed E-state index contributed by atoms with van der Waals surface area (Å²) >= 11 is 0. The molecule has 3 heteroatoms. The summed E-state index contributed by atoms with van der Waals surface area (Å²) in [5, 5.41) is 9.21. The van der Waals surface area contributed by atoms with Gasteiger partial charge in [-0.05, 0) is 25.6 Å². The quantitative estimate of drug-likeness (QED) is 0.530. The van der Waals surface area contributed by atoms with Gasteiger partial charge in [-0.15, -0.1) is 0 Å². The van der Waals surface area contributed by atoms with Crippen molar-refractivity contribution < 1.29 is 9.53 Å². The molecule has 0 saturated carbocycles. The van der Waals surface area contributed by atoms with Crippen molar-refractivity contribution in [2.45, 2.75) is 45.5 Å². The second-order valence-electron chi connectivity index (χ2n) is 3.83. The van der Waals surface area contributed by atoms with Crippen LogP contribution >= 0.6 is 0 Å². The molecule has 0 aliphatic rings. The van der Waals surface area contributed by atoms with Gasteiger partial charge in [-0.25, -0.2) is 0 Å². The Morgan fingerprint density at radius 1 is 1.38 bits per heavy atom. The minimum absolute atomic E-state index is 0.310. The molecular formula is C10H22O2Si. The lowest BCUT2D eigenvalue weighted by molar-refractivity contribution is 0.218. The van der Waals surface area contributed by atoms with E-state index in [1.54, 1.807) is 6.08 Å². The van der Waals surface area contributed by atoms with Crippen LogP contribution in [0.3, 0.4) is 0 Å². The number of rotatable bonds is 6. The first-order valence-electron chi connectivity index (χ1n) is 5.00. The van der Waals surface area contributed by atoms with E-state index in [1.165, 1.54) is 0 Å². The van der Waals surface area contributed by atoms with E-state index in [0.29, 0.717) is 6.61 Å². The van der Waals surface area contributed by atoms with Gasteiger partial charge in [0.15, 0.2) is 8.32 Å². The van der Waals surface area contributed by atoms with Crippen LogP contribution < -0.4 is 0 Å². The number of aliphatic hydroxyl groups excluding tert-OH is 1. The average molecular weight is 202 g/mol. The fourth-order valence-corrected chi connectivity index (χ4v) is 1.48. The third kappa shape index (κ3) is 6.99. The third-order valence-electron chi connectivity index (χ3n) is 2.20. The van der Waals surface area contributed by atoms with Crippen molar-refractivity contribution in [1.82, 2.24) is 0 Å². The molecule has 0 saturated heterocycles. The largest absolute Gasteiger partial charge is 0.414 e. The summed E-state index contributed by atoms with van der Waals surface area (Å²) in [4.78, 5) is 0. The SMILES string of the molecule is CCC(O)/C=C\CO[Si](C)(C)CC. The zero-order chi connectivity index (χ0) is 10.3. The highest BCUT2D eigenvalue weighted by atomic mass is 28.4. The first kappa shape index (κ1) is 12.9. The highest BCUT2D eigenvalue weighted by Crippen LogP contribution is 2.09. The molecular weight excluding hydrogens is 180 g/mol. The van der Waals surface area contributed by atoms with E-state index >= 15 is 0 Å². The molecule has 0 rings (SSSR count). The molecule has 0 aliphatic heterocycles. The van der Waals surface area contributed by atoms with Crippen LogP contribution in [0.5, 0.6) is 0 Å². The van der Waals surface area contributed by atoms with Crippen LogP contribution in [0.4, 0.5) is 0 Å². The summed E-state index contributed by atoms with van der Waals surface area (Å²) in [7, 11) is -1.39. The van der Waals surface area contributed by atoms with Crippen molar-refractivity contribution in [2.75, 3.05) is 6.61 Å². The van der Waals surface area contributed by atoms with Crippen LogP contribution in [0.15, 0.2) is 12.2 Å². The fraction of sp³-hybridized carbons (Fsp3) is 0.800. The Morgan fingerprint density at radius 3 is 2.46 bits per heavy atom. The van der Waals surface area contributed by atoms with Crippen molar-refractivity contribution in [1.29, 1.82) is 0 Å². The Balaban J connectivity index is 3.61. The number of aliphatic hydroxyl groups is 1. The molecule has 1 unspecified atom stereocenters. The molecule has 0 aliphatic carbocycles. The van der Waals surface area contributed by atoms with Gasteiger partial charge in [0.1, 0.15) is 0 Å². The molecule has 1 N–H and O–H groups in total. The molecule has 1 atom stereocenters. The fourth-order valence-electron chi connectivity index (χ4n) is 0.724. The van der Waals surface area contributed by atoms with Crippen LogP contribution in [0.1, 0.15) is 20.3 Å². The topological polar surface area (TPSA) is 29.5 Å². The molecule has 13 heavy (non-hydrogen) atoms. The lowest BCUT2D eigenvalue weighted by atomic mass is 10.2. The maximum absolute atomic E-state index is 9.21. The molecule has 0 fully saturated rings. The van der Waals surface area contributed by atoms with Crippen LogP contribution in [0, 0.1) is 0 Å². The summed E-state index contributed by atoms with van der Waals surface area (Å²) in [6, 6.07) is 1.14. The Bertz CT molecular complexity index is 155. The summed E-state index contributed by atoms with van der Waals surface area (Å²) in [5.74, 6) is 0. The zero-order valence-corrected chi connectivity index (χ0v) is 10.2. The predicted octanol–water partition coefficient (Wildman–Crippen LogP) is 2.56. The highest BCUT2D eigenvalue weighted by Gasteiger charge is 2.17. The van der Waals surface area contributed by atoms with E-state index in [0.717, 1.165) is 12.5 Å². The standard InChI is InChI=1S/C10H22O2Si/c1-5-10(11)8-7-9-12-13(3,4)6-2/h7-8,10-11H,5-6,9H2,1-4H3/b8-7-.